The van der Waals surface area contributed by atoms with E-state index < -0.39 is 0 Å². The fourth-order valence-electron chi connectivity index (χ4n) is 5.46. The van der Waals surface area contributed by atoms with Crippen LogP contribution < -0.4 is 33.6 Å². The first-order valence-corrected chi connectivity index (χ1v) is 14.7. The van der Waals surface area contributed by atoms with Crippen molar-refractivity contribution in [3.05, 3.63) is 0 Å². The van der Waals surface area contributed by atoms with Crippen LogP contribution in [0, 0.1) is 0 Å². The zero-order valence-electron chi connectivity index (χ0n) is 24.1. The summed E-state index contributed by atoms with van der Waals surface area (Å²) in [6.45, 7) is 0. The standard InChI is InChI=1S/2C7H16N2.2C7H15NO/c4*1-9-7-4-2-6(8)3-5-7/h2*6-7,9H,2-5,8H2,1H3;2*6-7H,2-5,8H2,1H3. The molecule has 4 rings (SSSR count). The Morgan fingerprint density at radius 2 is 0.639 bits per heavy atom. The van der Waals surface area contributed by atoms with Crippen LogP contribution >= 0.6 is 0 Å². The van der Waals surface area contributed by atoms with E-state index in [2.05, 4.69) is 10.6 Å². The summed E-state index contributed by atoms with van der Waals surface area (Å²) >= 11 is 0. The maximum Gasteiger partial charge on any atom is 0.0572 e. The Balaban J connectivity index is 0.000000240. The molecular formula is C28H62N6O2. The Kier molecular flexibility index (Phi) is 19.3. The predicted molar refractivity (Wildman–Crippen MR) is 153 cm³/mol. The van der Waals surface area contributed by atoms with E-state index in [0.29, 0.717) is 36.4 Å². The van der Waals surface area contributed by atoms with Gasteiger partial charge in [0, 0.05) is 50.5 Å². The highest BCUT2D eigenvalue weighted by molar-refractivity contribution is 4.78. The molecule has 4 aliphatic carbocycles. The van der Waals surface area contributed by atoms with Gasteiger partial charge in [0.25, 0.3) is 0 Å². The molecule has 0 aliphatic heterocycles. The number of nitrogens with one attached hydrogen (secondary N) is 2. The van der Waals surface area contributed by atoms with Gasteiger partial charge in [0.2, 0.25) is 0 Å². The largest absolute Gasteiger partial charge is 0.381 e. The lowest BCUT2D eigenvalue weighted by atomic mass is 9.92. The van der Waals surface area contributed by atoms with Crippen molar-refractivity contribution >= 4 is 0 Å². The Bertz CT molecular complexity index is 394. The summed E-state index contributed by atoms with van der Waals surface area (Å²) in [5, 5.41) is 6.54. The highest BCUT2D eigenvalue weighted by Gasteiger charge is 2.18. The molecule has 10 N–H and O–H groups in total. The molecule has 36 heavy (non-hydrogen) atoms. The number of ether oxygens (including phenoxy) is 2. The number of hydrogen-bond donors (Lipinski definition) is 6. The van der Waals surface area contributed by atoms with E-state index in [1.165, 1.54) is 51.4 Å². The summed E-state index contributed by atoms with van der Waals surface area (Å²) in [6, 6.07) is 3.33. The van der Waals surface area contributed by atoms with Crippen molar-refractivity contribution in [3.63, 3.8) is 0 Å². The first-order valence-electron chi connectivity index (χ1n) is 14.7. The van der Waals surface area contributed by atoms with Crippen LogP contribution in [0.5, 0.6) is 0 Å². The maximum atomic E-state index is 5.72. The average Bonchev–Trinajstić information content (AvgIpc) is 2.92. The van der Waals surface area contributed by atoms with Crippen LogP contribution in [0.4, 0.5) is 0 Å². The van der Waals surface area contributed by atoms with Crippen molar-refractivity contribution in [2.75, 3.05) is 28.3 Å². The fourth-order valence-corrected chi connectivity index (χ4v) is 5.46. The zero-order chi connectivity index (χ0) is 26.8. The van der Waals surface area contributed by atoms with Crippen LogP contribution in [0.25, 0.3) is 0 Å². The summed E-state index contributed by atoms with van der Waals surface area (Å²) in [7, 11) is 7.62. The van der Waals surface area contributed by atoms with Gasteiger partial charge in [0.15, 0.2) is 0 Å². The Morgan fingerprint density at radius 1 is 0.417 bits per heavy atom. The van der Waals surface area contributed by atoms with Gasteiger partial charge in [0.1, 0.15) is 0 Å². The number of methoxy groups -OCH3 is 2. The van der Waals surface area contributed by atoms with Crippen molar-refractivity contribution in [3.8, 4) is 0 Å². The lowest BCUT2D eigenvalue weighted by molar-refractivity contribution is 0.0664. The van der Waals surface area contributed by atoms with E-state index in [-0.39, 0.29) is 0 Å². The second-order valence-electron chi connectivity index (χ2n) is 11.3. The second-order valence-corrected chi connectivity index (χ2v) is 11.3. The van der Waals surface area contributed by atoms with Gasteiger partial charge in [-0.15, -0.1) is 0 Å². The van der Waals surface area contributed by atoms with Crippen molar-refractivity contribution in [2.45, 2.75) is 151 Å². The quantitative estimate of drug-likeness (QED) is 0.336. The summed E-state index contributed by atoms with van der Waals surface area (Å²) in [5.41, 5.74) is 22.8. The van der Waals surface area contributed by atoms with E-state index in [1.54, 1.807) is 14.2 Å². The molecule has 0 unspecified atom stereocenters. The second kappa shape index (κ2) is 20.6. The monoisotopic (exact) mass is 514 g/mol. The summed E-state index contributed by atoms with van der Waals surface area (Å²) < 4.78 is 10.4. The highest BCUT2D eigenvalue weighted by atomic mass is 16.5. The molecule has 0 saturated heterocycles. The molecular weight excluding hydrogens is 452 g/mol. The summed E-state index contributed by atoms with van der Waals surface area (Å²) in [6.07, 6.45) is 20.0. The van der Waals surface area contributed by atoms with Gasteiger partial charge < -0.3 is 43.0 Å². The molecule has 0 spiro atoms. The van der Waals surface area contributed by atoms with Crippen molar-refractivity contribution in [1.29, 1.82) is 0 Å². The third-order valence-corrected chi connectivity index (χ3v) is 8.46. The molecule has 0 bridgehead atoms. The summed E-state index contributed by atoms with van der Waals surface area (Å²) in [5.74, 6) is 0. The van der Waals surface area contributed by atoms with E-state index >= 15 is 0 Å². The summed E-state index contributed by atoms with van der Waals surface area (Å²) in [4.78, 5) is 0. The smallest absolute Gasteiger partial charge is 0.0572 e. The van der Waals surface area contributed by atoms with E-state index in [9.17, 15) is 0 Å². The van der Waals surface area contributed by atoms with Gasteiger partial charge in [-0.1, -0.05) is 0 Å². The van der Waals surface area contributed by atoms with Gasteiger partial charge in [-0.25, -0.2) is 0 Å². The van der Waals surface area contributed by atoms with Crippen molar-refractivity contribution in [2.24, 2.45) is 22.9 Å². The van der Waals surface area contributed by atoms with Gasteiger partial charge in [0.05, 0.1) is 12.2 Å². The van der Waals surface area contributed by atoms with Gasteiger partial charge in [-0.3, -0.25) is 0 Å². The number of nitrogens with two attached hydrogens (primary N) is 4. The maximum absolute atomic E-state index is 5.72. The Hall–Kier alpha value is -0.320. The molecule has 216 valence electrons. The topological polar surface area (TPSA) is 147 Å². The molecule has 0 aromatic carbocycles. The molecule has 4 saturated carbocycles. The molecule has 0 amide bonds. The lowest BCUT2D eigenvalue weighted by Crippen LogP contribution is -2.35. The first kappa shape index (κ1) is 33.7. The molecule has 8 nitrogen and oxygen atoms in total. The zero-order valence-corrected chi connectivity index (χ0v) is 24.1. The van der Waals surface area contributed by atoms with Gasteiger partial charge in [-0.05, 0) is 117 Å². The van der Waals surface area contributed by atoms with Crippen LogP contribution in [0.3, 0.4) is 0 Å². The van der Waals surface area contributed by atoms with Crippen molar-refractivity contribution < 1.29 is 9.47 Å². The van der Waals surface area contributed by atoms with Crippen LogP contribution in [0.15, 0.2) is 0 Å². The highest BCUT2D eigenvalue weighted by Crippen LogP contribution is 2.20. The SMILES string of the molecule is CNC1CCC(N)CC1.CNC1CCC(N)CC1.COC1CCC(N)CC1.COC1CCC(N)CC1. The van der Waals surface area contributed by atoms with E-state index in [0.717, 1.165) is 63.5 Å². The third kappa shape index (κ3) is 15.8. The molecule has 0 atom stereocenters. The van der Waals surface area contributed by atoms with Crippen LogP contribution in [0.1, 0.15) is 103 Å². The predicted octanol–water partition coefficient (Wildman–Crippen LogP) is 2.76. The van der Waals surface area contributed by atoms with Crippen LogP contribution in [0.2, 0.25) is 0 Å². The Morgan fingerprint density at radius 3 is 0.833 bits per heavy atom. The first-order chi connectivity index (χ1) is 17.3. The van der Waals surface area contributed by atoms with Gasteiger partial charge in [-0.2, -0.15) is 0 Å². The minimum absolute atomic E-state index is 0.441. The minimum atomic E-state index is 0.441. The number of rotatable bonds is 4. The molecule has 4 aliphatic rings. The normalized spacial score (nSPS) is 36.7. The average molecular weight is 515 g/mol. The molecule has 8 heteroatoms. The molecule has 0 aromatic rings. The molecule has 0 heterocycles. The lowest BCUT2D eigenvalue weighted by Gasteiger charge is -2.25. The van der Waals surface area contributed by atoms with Crippen LogP contribution in [-0.2, 0) is 9.47 Å². The fraction of sp³-hybridized carbons (Fsp3) is 1.00. The number of hydrogen-bond acceptors (Lipinski definition) is 8. The van der Waals surface area contributed by atoms with E-state index in [4.69, 9.17) is 32.4 Å². The third-order valence-electron chi connectivity index (χ3n) is 8.46. The Labute approximate surface area is 222 Å². The van der Waals surface area contributed by atoms with Gasteiger partial charge >= 0.3 is 0 Å². The minimum Gasteiger partial charge on any atom is -0.381 e. The molecule has 0 radical (unpaired) electrons. The van der Waals surface area contributed by atoms with Crippen LogP contribution in [-0.4, -0.2) is 76.8 Å². The molecule has 4 fully saturated rings. The van der Waals surface area contributed by atoms with E-state index in [1.807, 2.05) is 14.1 Å². The molecule has 0 aromatic heterocycles. The van der Waals surface area contributed by atoms with Crippen molar-refractivity contribution in [1.82, 2.24) is 10.6 Å².